The second-order valence-electron chi connectivity index (χ2n) is 3.00. The number of benzene rings is 1. The minimum absolute atomic E-state index is 0.111. The number of aromatic nitrogens is 1. The van der Waals surface area contributed by atoms with Crippen LogP contribution in [0.3, 0.4) is 0 Å². The van der Waals surface area contributed by atoms with E-state index >= 15 is 0 Å². The molecule has 70 valence electrons. The molecule has 2 aromatic rings. The lowest BCUT2D eigenvalue weighted by Gasteiger charge is -1.91. The van der Waals surface area contributed by atoms with Gasteiger partial charge in [0, 0.05) is 18.6 Å². The fourth-order valence-corrected chi connectivity index (χ4v) is 1.19. The molecule has 0 aliphatic heterocycles. The highest BCUT2D eigenvalue weighted by Crippen LogP contribution is 2.18. The first-order valence-corrected chi connectivity index (χ1v) is 4.30. The van der Waals surface area contributed by atoms with E-state index in [4.69, 9.17) is 4.52 Å². The van der Waals surface area contributed by atoms with E-state index in [0.717, 1.165) is 5.56 Å². The molecule has 0 radical (unpaired) electrons. The van der Waals surface area contributed by atoms with E-state index < -0.39 is 0 Å². The third-order valence-corrected chi connectivity index (χ3v) is 1.93. The zero-order chi connectivity index (χ0) is 9.97. The predicted octanol–water partition coefficient (Wildman–Crippen LogP) is 2.54. The van der Waals surface area contributed by atoms with Crippen molar-refractivity contribution in [3.63, 3.8) is 0 Å². The Balaban J connectivity index is 2.39. The summed E-state index contributed by atoms with van der Waals surface area (Å²) in [5.41, 5.74) is 1.64. The first-order chi connectivity index (χ1) is 6.77. The number of rotatable bonds is 2. The highest BCUT2D eigenvalue weighted by atomic mass is 16.5. The molecule has 0 bridgehead atoms. The SMILES string of the molecule is CC(=O)c1cc(-c2ccccc2)no1. The number of carbonyl (C=O) groups excluding carboxylic acids is 1. The van der Waals surface area contributed by atoms with Gasteiger partial charge >= 0.3 is 0 Å². The van der Waals surface area contributed by atoms with Gasteiger partial charge in [-0.1, -0.05) is 35.5 Å². The van der Waals surface area contributed by atoms with E-state index in [1.807, 2.05) is 30.3 Å². The molecule has 0 amide bonds. The van der Waals surface area contributed by atoms with Crippen molar-refractivity contribution in [2.45, 2.75) is 6.92 Å². The van der Waals surface area contributed by atoms with Gasteiger partial charge in [-0.2, -0.15) is 0 Å². The van der Waals surface area contributed by atoms with Gasteiger partial charge in [0.15, 0.2) is 5.78 Å². The molecule has 0 spiro atoms. The van der Waals surface area contributed by atoms with Crippen LogP contribution in [0.4, 0.5) is 0 Å². The molecule has 0 N–H and O–H groups in total. The van der Waals surface area contributed by atoms with Crippen LogP contribution in [-0.4, -0.2) is 10.9 Å². The molecule has 1 aromatic heterocycles. The Morgan fingerprint density at radius 3 is 2.57 bits per heavy atom. The Hall–Kier alpha value is -1.90. The molecule has 0 aliphatic rings. The number of hydrogen-bond donors (Lipinski definition) is 0. The number of hydrogen-bond acceptors (Lipinski definition) is 3. The minimum atomic E-state index is -0.111. The molecule has 0 unspecified atom stereocenters. The highest BCUT2D eigenvalue weighted by Gasteiger charge is 2.08. The zero-order valence-corrected chi connectivity index (χ0v) is 7.73. The largest absolute Gasteiger partial charge is 0.353 e. The van der Waals surface area contributed by atoms with Crippen molar-refractivity contribution in [1.29, 1.82) is 0 Å². The summed E-state index contributed by atoms with van der Waals surface area (Å²) in [6.07, 6.45) is 0. The van der Waals surface area contributed by atoms with Gasteiger partial charge in [0.1, 0.15) is 5.69 Å². The fraction of sp³-hybridized carbons (Fsp3) is 0.0909. The minimum Gasteiger partial charge on any atom is -0.353 e. The van der Waals surface area contributed by atoms with Gasteiger partial charge in [0.05, 0.1) is 0 Å². The molecular weight excluding hydrogens is 178 g/mol. The first-order valence-electron chi connectivity index (χ1n) is 4.30. The van der Waals surface area contributed by atoms with Crippen LogP contribution < -0.4 is 0 Å². The van der Waals surface area contributed by atoms with E-state index in [0.29, 0.717) is 11.5 Å². The molecule has 1 aromatic carbocycles. The van der Waals surface area contributed by atoms with E-state index in [1.165, 1.54) is 6.92 Å². The molecule has 0 aliphatic carbocycles. The third-order valence-electron chi connectivity index (χ3n) is 1.93. The molecule has 2 rings (SSSR count). The molecule has 14 heavy (non-hydrogen) atoms. The summed E-state index contributed by atoms with van der Waals surface area (Å²) in [5.74, 6) is 0.184. The van der Waals surface area contributed by atoms with E-state index in [9.17, 15) is 4.79 Å². The van der Waals surface area contributed by atoms with Crippen molar-refractivity contribution >= 4 is 5.78 Å². The Morgan fingerprint density at radius 1 is 1.29 bits per heavy atom. The van der Waals surface area contributed by atoms with E-state index in [1.54, 1.807) is 6.07 Å². The average molecular weight is 187 g/mol. The van der Waals surface area contributed by atoms with Crippen molar-refractivity contribution < 1.29 is 9.32 Å². The molecular formula is C11H9NO2. The van der Waals surface area contributed by atoms with Gasteiger partial charge in [-0.25, -0.2) is 0 Å². The monoisotopic (exact) mass is 187 g/mol. The summed E-state index contributed by atoms with van der Waals surface area (Å²) in [7, 11) is 0. The van der Waals surface area contributed by atoms with Crippen LogP contribution in [0.2, 0.25) is 0 Å². The average Bonchev–Trinajstić information content (AvgIpc) is 2.68. The van der Waals surface area contributed by atoms with Crippen molar-refractivity contribution in [2.24, 2.45) is 0 Å². The lowest BCUT2D eigenvalue weighted by Crippen LogP contribution is -1.86. The van der Waals surface area contributed by atoms with Gasteiger partial charge in [0.25, 0.3) is 0 Å². The van der Waals surface area contributed by atoms with Crippen LogP contribution in [0.25, 0.3) is 11.3 Å². The van der Waals surface area contributed by atoms with E-state index in [-0.39, 0.29) is 5.78 Å². The Labute approximate surface area is 81.3 Å². The maximum absolute atomic E-state index is 11.0. The Bertz CT molecular complexity index is 445. The molecule has 0 saturated carbocycles. The number of ketones is 1. The number of nitrogens with zero attached hydrogens (tertiary/aromatic N) is 1. The lowest BCUT2D eigenvalue weighted by molar-refractivity contribution is 0.0978. The zero-order valence-electron chi connectivity index (χ0n) is 7.73. The maximum atomic E-state index is 11.0. The van der Waals surface area contributed by atoms with Crippen LogP contribution in [0.1, 0.15) is 17.5 Å². The summed E-state index contributed by atoms with van der Waals surface area (Å²) in [6, 6.07) is 11.2. The van der Waals surface area contributed by atoms with Crippen LogP contribution in [0.5, 0.6) is 0 Å². The van der Waals surface area contributed by atoms with Crippen molar-refractivity contribution in [3.05, 3.63) is 42.2 Å². The molecule has 0 atom stereocenters. The van der Waals surface area contributed by atoms with Crippen molar-refractivity contribution in [3.8, 4) is 11.3 Å². The summed E-state index contributed by atoms with van der Waals surface area (Å²) < 4.78 is 4.88. The second-order valence-corrected chi connectivity index (χ2v) is 3.00. The molecule has 1 heterocycles. The maximum Gasteiger partial charge on any atom is 0.202 e. The van der Waals surface area contributed by atoms with Crippen LogP contribution in [-0.2, 0) is 0 Å². The van der Waals surface area contributed by atoms with Crippen molar-refractivity contribution in [2.75, 3.05) is 0 Å². The van der Waals surface area contributed by atoms with Gasteiger partial charge in [-0.15, -0.1) is 0 Å². The molecule has 0 fully saturated rings. The number of carbonyl (C=O) groups is 1. The predicted molar refractivity (Wildman–Crippen MR) is 51.9 cm³/mol. The first kappa shape index (κ1) is 8.69. The second kappa shape index (κ2) is 3.46. The molecule has 3 nitrogen and oxygen atoms in total. The van der Waals surface area contributed by atoms with Crippen LogP contribution >= 0.6 is 0 Å². The fourth-order valence-electron chi connectivity index (χ4n) is 1.19. The van der Waals surface area contributed by atoms with E-state index in [2.05, 4.69) is 5.16 Å². The normalized spacial score (nSPS) is 10.1. The van der Waals surface area contributed by atoms with Crippen molar-refractivity contribution in [1.82, 2.24) is 5.16 Å². The van der Waals surface area contributed by atoms with Crippen LogP contribution in [0.15, 0.2) is 40.9 Å². The Kier molecular flexibility index (Phi) is 2.14. The standard InChI is InChI=1S/C11H9NO2/c1-8(13)11-7-10(12-14-11)9-5-3-2-4-6-9/h2-7H,1H3. The highest BCUT2D eigenvalue weighted by molar-refractivity contribution is 5.92. The lowest BCUT2D eigenvalue weighted by atomic mass is 10.1. The third kappa shape index (κ3) is 1.57. The topological polar surface area (TPSA) is 43.1 Å². The summed E-state index contributed by atoms with van der Waals surface area (Å²) in [4.78, 5) is 11.0. The quantitative estimate of drug-likeness (QED) is 0.678. The van der Waals surface area contributed by atoms with Gasteiger partial charge in [-0.3, -0.25) is 4.79 Å². The summed E-state index contributed by atoms with van der Waals surface area (Å²) >= 11 is 0. The van der Waals surface area contributed by atoms with Gasteiger partial charge in [0.2, 0.25) is 5.76 Å². The smallest absolute Gasteiger partial charge is 0.202 e. The van der Waals surface area contributed by atoms with Gasteiger partial charge in [-0.05, 0) is 0 Å². The summed E-state index contributed by atoms with van der Waals surface area (Å²) in [5, 5.41) is 3.81. The van der Waals surface area contributed by atoms with Gasteiger partial charge < -0.3 is 4.52 Å². The molecule has 3 heteroatoms. The molecule has 0 saturated heterocycles. The Morgan fingerprint density at radius 2 is 2.00 bits per heavy atom. The van der Waals surface area contributed by atoms with Crippen LogP contribution in [0, 0.1) is 0 Å². The number of Topliss-reactive ketones (excluding diaryl/α,β-unsaturated/α-hetero) is 1. The summed E-state index contributed by atoms with van der Waals surface area (Å²) in [6.45, 7) is 1.45.